The number of hydrogen-bond acceptors (Lipinski definition) is 15. The van der Waals surface area contributed by atoms with Gasteiger partial charge in [0.25, 0.3) is 0 Å². The number of hydrogen-bond donors (Lipinski definition) is 1. The highest BCUT2D eigenvalue weighted by atomic mass is 35.5. The lowest BCUT2D eigenvalue weighted by molar-refractivity contribution is 0.283. The smallest absolute Gasteiger partial charge is 0.154 e. The Hall–Kier alpha value is -5.63. The van der Waals surface area contributed by atoms with Crippen LogP contribution < -0.4 is 0 Å². The van der Waals surface area contributed by atoms with E-state index in [1.165, 1.54) is 56.6 Å². The molecule has 0 spiro atoms. The van der Waals surface area contributed by atoms with Crippen LogP contribution in [0.3, 0.4) is 0 Å². The van der Waals surface area contributed by atoms with Crippen molar-refractivity contribution < 1.29 is 68.4 Å². The van der Waals surface area contributed by atoms with Crippen LogP contribution in [0.1, 0.15) is 306 Å². The molecule has 0 aliphatic rings. The second kappa shape index (κ2) is 85.4. The molecule has 1 N–H and O–H groups in total. The number of benzene rings is 7. The number of alkyl halides is 2. The summed E-state index contributed by atoms with van der Waals surface area (Å²) in [5.74, 6) is 0. The van der Waals surface area contributed by atoms with Gasteiger partial charge in [-0.1, -0.05) is 391 Å². The Kier molecular flexibility index (Phi) is 98.2. The maximum absolute atomic E-state index is 11.6. The minimum atomic E-state index is -3.10. The lowest BCUT2D eigenvalue weighted by Gasteiger charge is -2.14. The van der Waals surface area contributed by atoms with Crippen molar-refractivity contribution in [3.05, 3.63) is 251 Å². The van der Waals surface area contributed by atoms with Crippen molar-refractivity contribution in [2.24, 2.45) is 0 Å². The molecule has 7 rings (SSSR count). The number of aliphatic hydroxyl groups excluding tert-OH is 1. The van der Waals surface area contributed by atoms with Crippen molar-refractivity contribution in [1.29, 1.82) is 0 Å². The van der Waals surface area contributed by atoms with E-state index < -0.39 is 74.1 Å². The number of rotatable bonds is 24. The van der Waals surface area contributed by atoms with E-state index in [0.717, 1.165) is 45.4 Å². The molecule has 7 unspecified atom stereocenters. The zero-order valence-electron chi connectivity index (χ0n) is 78.3. The van der Waals surface area contributed by atoms with Gasteiger partial charge in [0.15, 0.2) is 68.9 Å². The Balaban J connectivity index is -0.000000119. The first-order valence-electron chi connectivity index (χ1n) is 41.3. The van der Waals surface area contributed by atoms with Crippen molar-refractivity contribution in [1.82, 2.24) is 0 Å². The van der Waals surface area contributed by atoms with Gasteiger partial charge >= 0.3 is 0 Å². The number of halogens is 2. The van der Waals surface area contributed by atoms with E-state index in [9.17, 15) is 63.3 Å². The quantitative estimate of drug-likeness (QED) is 0.0552. The minimum absolute atomic E-state index is 0.0266. The summed E-state index contributed by atoms with van der Waals surface area (Å²) in [6.45, 7) is 47.7. The van der Waals surface area contributed by atoms with E-state index in [1.807, 2.05) is 365 Å². The molecular formula is C93H164ClFO15S7. The van der Waals surface area contributed by atoms with Crippen molar-refractivity contribution >= 4 is 80.5 Å². The van der Waals surface area contributed by atoms with Crippen molar-refractivity contribution in [2.75, 3.05) is 64.0 Å². The first-order chi connectivity index (χ1) is 55.3. The fourth-order valence-electron chi connectivity index (χ4n) is 10.4. The molecule has 0 fully saturated rings. The zero-order valence-corrected chi connectivity index (χ0v) is 84.8. The van der Waals surface area contributed by atoms with Crippen LogP contribution in [0, 0.1) is 0 Å². The van der Waals surface area contributed by atoms with Gasteiger partial charge in [-0.2, -0.15) is 0 Å². The molecule has 0 saturated heterocycles. The molecule has 0 bridgehead atoms. The van der Waals surface area contributed by atoms with Crippen LogP contribution >= 0.6 is 11.6 Å². The molecule has 0 heterocycles. The van der Waals surface area contributed by atoms with Crippen LogP contribution in [-0.2, 0) is 68.9 Å². The molecule has 0 saturated carbocycles. The molecule has 15 nitrogen and oxygen atoms in total. The van der Waals surface area contributed by atoms with Crippen molar-refractivity contribution in [3.8, 4) is 0 Å². The van der Waals surface area contributed by atoms with Gasteiger partial charge in [0, 0.05) is 56.8 Å². The SMILES string of the molecule is CC.CC.CC.CC.CC.CC.CC.CC.CCC.CCC(c1ccccc1)S(C)(=O)=O.CCC(c1ccccc1)S(C)(=O)=O.CCC(c1ccccc1)S(C)(=O)=O.CCC(c1ccccc1)S(C)(=O)=O.CCC(c1ccccc1)S(C)(=O)=O.CCCC(c1ccccc1)S(C)(=O)=O.CCl.CF.CS(=O)(=O)C(CCCO)c1ccccc1. The van der Waals surface area contributed by atoms with Gasteiger partial charge in [-0.05, 0) is 90.3 Å². The molecule has 7 aromatic rings. The maximum atomic E-state index is 11.6. The Morgan fingerprint density at radius 2 is 0.350 bits per heavy atom. The molecule has 0 radical (unpaired) electrons. The molecule has 7 atom stereocenters. The van der Waals surface area contributed by atoms with Crippen LogP contribution in [0.5, 0.6) is 0 Å². The van der Waals surface area contributed by atoms with Gasteiger partial charge in [0.1, 0.15) is 0 Å². The van der Waals surface area contributed by atoms with Crippen LogP contribution in [0.15, 0.2) is 212 Å². The summed E-state index contributed by atoms with van der Waals surface area (Å²) in [6.07, 6.45) is 17.4. The third-order valence-electron chi connectivity index (χ3n) is 14.8. The van der Waals surface area contributed by atoms with E-state index in [-0.39, 0.29) is 38.1 Å². The summed E-state index contributed by atoms with van der Waals surface area (Å²) in [5, 5.41) is 6.13. The first-order valence-corrected chi connectivity index (χ1v) is 55.8. The standard InChI is InChI=1S/C11H16O3S.C11H16O2S.5C10H14O2S.C3H8.8C2H6.CH3Cl.CH3F/c1-15(13,14)11(8-5-9-12)10-6-3-2-4-7-10;1-3-7-11(14(2,12)13)10-8-5-4-6-9-10;5*1-3-10(13(2,11)12)9-7-5-4-6-8-9;1-3-2;10*1-2/h2-4,6-7,11-12H,5,8-9H2,1H3;4-6,8-9,11H,3,7H2,1-2H3;5*4-8,10H,3H2,1-2H3;3H2,1-2H3;8*1-2H3;2*1H3. The second-order valence-corrected chi connectivity index (χ2v) is 39.1. The zero-order chi connectivity index (χ0) is 94.1. The molecule has 0 aliphatic heterocycles. The predicted octanol–water partition coefficient (Wildman–Crippen LogP) is 26.1. The highest BCUT2D eigenvalue weighted by molar-refractivity contribution is 7.92. The summed E-state index contributed by atoms with van der Waals surface area (Å²) in [4.78, 5) is 0. The summed E-state index contributed by atoms with van der Waals surface area (Å²) in [5.41, 5.74) is 6.11. The Morgan fingerprint density at radius 3 is 0.444 bits per heavy atom. The fraction of sp³-hybridized carbons (Fsp3) is 0.548. The predicted molar refractivity (Wildman–Crippen MR) is 516 cm³/mol. The van der Waals surface area contributed by atoms with Gasteiger partial charge < -0.3 is 5.11 Å². The van der Waals surface area contributed by atoms with E-state index >= 15 is 0 Å². The molecule has 0 aliphatic carbocycles. The molecule has 24 heteroatoms. The van der Waals surface area contributed by atoms with Crippen LogP contribution in [-0.4, -0.2) is 128 Å². The Labute approximate surface area is 725 Å². The average molecular weight is 1800 g/mol. The fourth-order valence-corrected chi connectivity index (χ4v) is 19.2. The summed E-state index contributed by atoms with van der Waals surface area (Å²) < 4.78 is 169. The highest BCUT2D eigenvalue weighted by Crippen LogP contribution is 2.30. The summed E-state index contributed by atoms with van der Waals surface area (Å²) >= 11 is 4.64. The lowest BCUT2D eigenvalue weighted by Crippen LogP contribution is -2.12. The van der Waals surface area contributed by atoms with E-state index in [2.05, 4.69) is 25.4 Å². The largest absolute Gasteiger partial charge is 0.396 e. The Morgan fingerprint density at radius 1 is 0.239 bits per heavy atom. The highest BCUT2D eigenvalue weighted by Gasteiger charge is 2.26. The van der Waals surface area contributed by atoms with Gasteiger partial charge in [-0.15, -0.1) is 11.6 Å². The van der Waals surface area contributed by atoms with Crippen LogP contribution in [0.2, 0.25) is 0 Å². The normalized spacial score (nSPS) is 11.9. The lowest BCUT2D eigenvalue weighted by atomic mass is 10.1. The van der Waals surface area contributed by atoms with E-state index in [0.29, 0.717) is 58.5 Å². The number of sulfone groups is 7. The van der Waals surface area contributed by atoms with Crippen LogP contribution in [0.4, 0.5) is 4.39 Å². The third-order valence-corrected chi connectivity index (χ3v) is 26.1. The first kappa shape index (κ1) is 135. The van der Waals surface area contributed by atoms with Gasteiger partial charge in [0.05, 0.1) is 43.9 Å². The van der Waals surface area contributed by atoms with Gasteiger partial charge in [-0.3, -0.25) is 4.39 Å². The van der Waals surface area contributed by atoms with Crippen molar-refractivity contribution in [3.63, 3.8) is 0 Å². The van der Waals surface area contributed by atoms with Gasteiger partial charge in [0.2, 0.25) is 0 Å². The second-order valence-electron chi connectivity index (χ2n) is 23.5. The van der Waals surface area contributed by atoms with E-state index in [4.69, 9.17) is 5.11 Å². The minimum Gasteiger partial charge on any atom is -0.396 e. The molecule has 7 aromatic carbocycles. The topological polar surface area (TPSA) is 259 Å². The van der Waals surface area contributed by atoms with E-state index in [1.54, 1.807) is 0 Å². The molecule has 682 valence electrons. The summed E-state index contributed by atoms with van der Waals surface area (Å²) in [7, 11) is -20.4. The summed E-state index contributed by atoms with van der Waals surface area (Å²) in [6, 6.07) is 65.2. The molecule has 0 amide bonds. The molecular weight excluding hydrogens is 1640 g/mol. The maximum Gasteiger partial charge on any atom is 0.154 e. The Bertz CT molecular complexity index is 3630. The third kappa shape index (κ3) is 68.7. The molecule has 0 aromatic heterocycles. The number of aliphatic hydroxyl groups is 1. The molecule has 117 heavy (non-hydrogen) atoms. The van der Waals surface area contributed by atoms with Crippen LogP contribution in [0.25, 0.3) is 0 Å². The average Bonchev–Trinajstić information content (AvgIpc) is 0.892. The van der Waals surface area contributed by atoms with Crippen molar-refractivity contribution in [2.45, 2.75) is 267 Å². The van der Waals surface area contributed by atoms with Gasteiger partial charge in [-0.25, -0.2) is 58.9 Å². The monoisotopic (exact) mass is 1800 g/mol.